The molecular weight excluding hydrogens is 644 g/mol. The summed E-state index contributed by atoms with van der Waals surface area (Å²) in [5, 5.41) is 9.55. The minimum absolute atomic E-state index is 0. The van der Waals surface area contributed by atoms with E-state index in [1.54, 1.807) is 0 Å². The number of Topliss-reactive ketones (excluding diaryl/α,β-unsaturated/α-hetero) is 1. The fourth-order valence-corrected chi connectivity index (χ4v) is 6.71. The predicted octanol–water partition coefficient (Wildman–Crippen LogP) is 7.90. The minimum atomic E-state index is -0.134. The third-order valence-electron chi connectivity index (χ3n) is 9.79. The van der Waals surface area contributed by atoms with Crippen LogP contribution in [0.3, 0.4) is 0 Å². The molecule has 0 fully saturated rings. The number of hydrogen-bond donors (Lipinski definition) is 1. The number of allylic oxidation sites excluding steroid dienone is 4. The Balaban J connectivity index is 0.0000240. The second-order valence-electron chi connectivity index (χ2n) is 14.3. The van der Waals surface area contributed by atoms with Crippen LogP contribution in [0, 0.1) is 0 Å². The van der Waals surface area contributed by atoms with Gasteiger partial charge in [0.05, 0.1) is 6.61 Å². The summed E-state index contributed by atoms with van der Waals surface area (Å²) in [6.07, 6.45) is 42.7. The molecule has 0 saturated carbocycles. The van der Waals surface area contributed by atoms with E-state index in [0.29, 0.717) is 38.4 Å². The van der Waals surface area contributed by atoms with E-state index in [1.807, 2.05) is 4.58 Å². The summed E-state index contributed by atoms with van der Waals surface area (Å²) in [7, 11) is 0. The first-order valence-corrected chi connectivity index (χ1v) is 21.1. The largest absolute Gasteiger partial charge is 1.00 e. The molecule has 0 amide bonds. The highest BCUT2D eigenvalue weighted by atomic mass is 35.5. The molecule has 0 radical (unpaired) electrons. The van der Waals surface area contributed by atoms with Gasteiger partial charge in [-0.25, -0.2) is 0 Å². The van der Waals surface area contributed by atoms with Crippen molar-refractivity contribution in [3.05, 3.63) is 24.3 Å². The predicted molar refractivity (Wildman–Crippen MR) is 209 cm³/mol. The molecule has 0 saturated heterocycles. The van der Waals surface area contributed by atoms with Gasteiger partial charge in [0.2, 0.25) is 5.78 Å². The number of rotatable bonds is 36. The van der Waals surface area contributed by atoms with Crippen LogP contribution in [-0.2, 0) is 14.3 Å². The van der Waals surface area contributed by atoms with Crippen molar-refractivity contribution in [1.29, 1.82) is 0 Å². The Morgan fingerprint density at radius 2 is 1.06 bits per heavy atom. The number of halogens is 1. The molecule has 0 aliphatic carbocycles. The van der Waals surface area contributed by atoms with Crippen LogP contribution in [0.25, 0.3) is 0 Å². The molecule has 0 atom stereocenters. The van der Waals surface area contributed by atoms with Crippen LogP contribution in [0.2, 0.25) is 0 Å². The number of hydrogen-bond acceptors (Lipinski definition) is 5. The van der Waals surface area contributed by atoms with Gasteiger partial charge in [0.15, 0.2) is 0 Å². The number of aliphatic hydroxyl groups is 1. The molecule has 0 unspecified atom stereocenters. The van der Waals surface area contributed by atoms with Crippen molar-refractivity contribution in [3.63, 3.8) is 0 Å². The maximum atomic E-state index is 13.2. The molecule has 0 bridgehead atoms. The number of β-amino-alcohol motifs (C(OH)–C–C–N with tert-alkyl or cyclic N) is 1. The van der Waals surface area contributed by atoms with E-state index < -0.39 is 0 Å². The van der Waals surface area contributed by atoms with Gasteiger partial charge in [0.1, 0.15) is 32.8 Å². The van der Waals surface area contributed by atoms with Crippen LogP contribution in [0.5, 0.6) is 0 Å². The third-order valence-corrected chi connectivity index (χ3v) is 9.79. The molecule has 0 aromatic carbocycles. The van der Waals surface area contributed by atoms with E-state index >= 15 is 0 Å². The van der Waals surface area contributed by atoms with Gasteiger partial charge in [0, 0.05) is 12.8 Å². The Bertz CT molecular complexity index is 888. The number of ether oxygens (including phenoxy) is 1. The molecular formula is C43H79ClN2O4. The summed E-state index contributed by atoms with van der Waals surface area (Å²) < 4.78 is 7.56. The quantitative estimate of drug-likeness (QED) is 0.0308. The Morgan fingerprint density at radius 1 is 0.640 bits per heavy atom. The van der Waals surface area contributed by atoms with Crippen LogP contribution in [0.4, 0.5) is 0 Å². The van der Waals surface area contributed by atoms with Crippen molar-refractivity contribution in [3.8, 4) is 0 Å². The summed E-state index contributed by atoms with van der Waals surface area (Å²) in [5.74, 6) is 0.728. The van der Waals surface area contributed by atoms with Gasteiger partial charge in [-0.1, -0.05) is 141 Å². The zero-order valence-corrected chi connectivity index (χ0v) is 33.6. The standard InChI is InChI=1S/C43H79N2O4.ClH/c1-3-5-7-9-11-13-15-17-19-21-23-25-27-29-31-33-41(47)43-44(37-39-46)35-36-45(43)38-40-49-42(48)34-32-30-28-26-24-22-20-18-16-14-12-10-8-6-4-2;/h17-20,46H,3-16,21-40H2,1-2H3;1H/q+1;/p-1/b19-17-,20-18-;. The van der Waals surface area contributed by atoms with Crippen molar-refractivity contribution in [2.24, 2.45) is 0 Å². The van der Waals surface area contributed by atoms with E-state index in [4.69, 9.17) is 4.74 Å². The molecule has 7 heteroatoms. The van der Waals surface area contributed by atoms with Gasteiger partial charge in [-0.05, 0) is 64.2 Å². The number of ketones is 1. The highest BCUT2D eigenvalue weighted by molar-refractivity contribution is 6.36. The number of carbonyl (C=O) groups is 2. The monoisotopic (exact) mass is 723 g/mol. The van der Waals surface area contributed by atoms with Crippen LogP contribution in [0.15, 0.2) is 24.3 Å². The molecule has 0 aromatic heterocycles. The average Bonchev–Trinajstić information content (AvgIpc) is 3.50. The van der Waals surface area contributed by atoms with Crippen LogP contribution in [-0.4, -0.2) is 71.6 Å². The molecule has 0 aromatic rings. The maximum Gasteiger partial charge on any atom is 0.316 e. The van der Waals surface area contributed by atoms with Gasteiger partial charge >= 0.3 is 11.8 Å². The number of nitrogens with zero attached hydrogens (tertiary/aromatic N) is 2. The summed E-state index contributed by atoms with van der Waals surface area (Å²) in [6.45, 7) is 7.35. The van der Waals surface area contributed by atoms with Gasteiger partial charge in [0.25, 0.3) is 0 Å². The molecule has 1 N–H and O–H groups in total. The molecule has 6 nitrogen and oxygen atoms in total. The maximum absolute atomic E-state index is 13.2. The van der Waals surface area contributed by atoms with Crippen LogP contribution < -0.4 is 12.4 Å². The summed E-state index contributed by atoms with van der Waals surface area (Å²) >= 11 is 0. The second kappa shape index (κ2) is 37.1. The van der Waals surface area contributed by atoms with Crippen molar-refractivity contribution >= 4 is 17.6 Å². The molecule has 1 rings (SSSR count). The molecule has 1 heterocycles. The third kappa shape index (κ3) is 28.0. The first-order valence-electron chi connectivity index (χ1n) is 21.1. The van der Waals surface area contributed by atoms with E-state index in [2.05, 4.69) is 43.1 Å². The molecule has 50 heavy (non-hydrogen) atoms. The summed E-state index contributed by atoms with van der Waals surface area (Å²) in [4.78, 5) is 27.6. The number of amidine groups is 1. The number of aliphatic hydroxyl groups excluding tert-OH is 1. The van der Waals surface area contributed by atoms with E-state index in [0.717, 1.165) is 38.8 Å². The highest BCUT2D eigenvalue weighted by Crippen LogP contribution is 2.13. The van der Waals surface area contributed by atoms with Gasteiger partial charge in [-0.15, -0.1) is 0 Å². The van der Waals surface area contributed by atoms with Crippen molar-refractivity contribution in [2.75, 3.05) is 39.4 Å². The Kier molecular flexibility index (Phi) is 35.9. The van der Waals surface area contributed by atoms with Crippen molar-refractivity contribution in [1.82, 2.24) is 4.90 Å². The van der Waals surface area contributed by atoms with E-state index in [-0.39, 0.29) is 30.8 Å². The number of carbonyl (C=O) groups excluding carboxylic acids is 2. The number of unbranched alkanes of at least 4 members (excludes halogenated alkanes) is 22. The Labute approximate surface area is 315 Å². The lowest BCUT2D eigenvalue weighted by Crippen LogP contribution is -3.00. The van der Waals surface area contributed by atoms with E-state index in [9.17, 15) is 14.7 Å². The van der Waals surface area contributed by atoms with Gasteiger partial charge in [-0.2, -0.15) is 0 Å². The molecule has 1 aliphatic rings. The lowest BCUT2D eigenvalue weighted by atomic mass is 10.1. The molecule has 0 spiro atoms. The van der Waals surface area contributed by atoms with Gasteiger partial charge in [-0.3, -0.25) is 19.1 Å². The number of esters is 1. The van der Waals surface area contributed by atoms with Crippen LogP contribution in [0.1, 0.15) is 194 Å². The SMILES string of the molecule is CCCCCCCC/C=C\CCCCCCCC(=O)OCCN1CC[N+](CCO)=C1C(=O)CCCCCCC/C=C\CCCCCCCC.[Cl-]. The zero-order chi connectivity index (χ0) is 35.5. The Morgan fingerprint density at radius 3 is 1.52 bits per heavy atom. The highest BCUT2D eigenvalue weighted by Gasteiger charge is 2.35. The summed E-state index contributed by atoms with van der Waals surface area (Å²) in [6, 6.07) is 0. The fourth-order valence-electron chi connectivity index (χ4n) is 6.71. The lowest BCUT2D eigenvalue weighted by molar-refractivity contribution is -0.519. The second-order valence-corrected chi connectivity index (χ2v) is 14.3. The zero-order valence-electron chi connectivity index (χ0n) is 32.8. The lowest BCUT2D eigenvalue weighted by Gasteiger charge is -2.13. The first-order chi connectivity index (χ1) is 24.1. The molecule has 1 aliphatic heterocycles. The first kappa shape index (κ1) is 48.3. The fraction of sp³-hybridized carbons (Fsp3) is 0.837. The smallest absolute Gasteiger partial charge is 0.316 e. The van der Waals surface area contributed by atoms with Crippen molar-refractivity contribution in [2.45, 2.75) is 194 Å². The average molecular weight is 724 g/mol. The van der Waals surface area contributed by atoms with E-state index in [1.165, 1.54) is 141 Å². The topological polar surface area (TPSA) is 69.8 Å². The summed E-state index contributed by atoms with van der Waals surface area (Å²) in [5.41, 5.74) is 0. The van der Waals surface area contributed by atoms with Crippen molar-refractivity contribution < 1.29 is 36.4 Å². The Hall–Kier alpha value is -1.66. The normalized spacial score (nSPS) is 13.2. The molecule has 292 valence electrons. The van der Waals surface area contributed by atoms with Gasteiger partial charge < -0.3 is 22.3 Å². The minimum Gasteiger partial charge on any atom is -1.00 e. The van der Waals surface area contributed by atoms with Crippen LogP contribution >= 0.6 is 0 Å².